The fourth-order valence-electron chi connectivity index (χ4n) is 2.00. The smallest absolute Gasteiger partial charge is 0.289 e. The predicted molar refractivity (Wildman–Crippen MR) is 95.0 cm³/mol. The third kappa shape index (κ3) is 3.75. The van der Waals surface area contributed by atoms with Crippen molar-refractivity contribution in [3.8, 4) is 11.3 Å². The topological polar surface area (TPSA) is 55.1 Å². The monoisotopic (exact) mass is 424 g/mol. The molecule has 4 nitrogen and oxygen atoms in total. The van der Waals surface area contributed by atoms with Gasteiger partial charge in [-0.3, -0.25) is 4.79 Å². The molecule has 1 N–H and O–H groups in total. The second kappa shape index (κ2) is 7.06. The fraction of sp³-hybridized carbons (Fsp3) is 0.125. The Hall–Kier alpha value is -1.67. The van der Waals surface area contributed by atoms with Crippen molar-refractivity contribution in [2.24, 2.45) is 0 Å². The standard InChI is InChI=1S/C16H13IN2O2S/c17-15-7-6-12(22-15)8-9-18-16(20)14-10-13(19-21-14)11-4-2-1-3-5-11/h1-7,10H,8-9H2,(H,18,20). The van der Waals surface area contributed by atoms with Gasteiger partial charge in [0.1, 0.15) is 5.69 Å². The zero-order valence-corrected chi connectivity index (χ0v) is 14.6. The number of rotatable bonds is 5. The first-order chi connectivity index (χ1) is 10.7. The molecule has 0 fully saturated rings. The molecule has 0 aliphatic rings. The average Bonchev–Trinajstić information content (AvgIpc) is 3.17. The average molecular weight is 424 g/mol. The van der Waals surface area contributed by atoms with E-state index in [4.69, 9.17) is 4.52 Å². The number of carbonyl (C=O) groups excluding carboxylic acids is 1. The number of benzene rings is 1. The summed E-state index contributed by atoms with van der Waals surface area (Å²) >= 11 is 4.03. The quantitative estimate of drug-likeness (QED) is 0.631. The van der Waals surface area contributed by atoms with E-state index in [1.54, 1.807) is 17.4 Å². The Bertz CT molecular complexity index is 767. The van der Waals surface area contributed by atoms with Crippen LogP contribution in [0.2, 0.25) is 0 Å². The summed E-state index contributed by atoms with van der Waals surface area (Å²) in [5.41, 5.74) is 1.59. The first kappa shape index (κ1) is 15.2. The van der Waals surface area contributed by atoms with Crippen molar-refractivity contribution < 1.29 is 9.32 Å². The number of amides is 1. The first-order valence-electron chi connectivity index (χ1n) is 6.77. The molecule has 1 amide bonds. The van der Waals surface area contributed by atoms with Crippen LogP contribution in [0, 0.1) is 2.88 Å². The molecular weight excluding hydrogens is 411 g/mol. The minimum absolute atomic E-state index is 0.235. The van der Waals surface area contributed by atoms with Gasteiger partial charge in [0.15, 0.2) is 0 Å². The van der Waals surface area contributed by atoms with Gasteiger partial charge < -0.3 is 9.84 Å². The highest BCUT2D eigenvalue weighted by Gasteiger charge is 2.13. The van der Waals surface area contributed by atoms with Gasteiger partial charge in [-0.1, -0.05) is 35.5 Å². The van der Waals surface area contributed by atoms with Crippen LogP contribution in [-0.2, 0) is 6.42 Å². The highest BCUT2D eigenvalue weighted by atomic mass is 127. The van der Waals surface area contributed by atoms with Gasteiger partial charge in [-0.15, -0.1) is 11.3 Å². The lowest BCUT2D eigenvalue weighted by atomic mass is 10.1. The van der Waals surface area contributed by atoms with Crippen LogP contribution in [0.4, 0.5) is 0 Å². The van der Waals surface area contributed by atoms with E-state index in [2.05, 4.69) is 45.2 Å². The molecule has 1 aromatic carbocycles. The molecule has 0 unspecified atom stereocenters. The molecule has 0 saturated heterocycles. The Kier molecular flexibility index (Phi) is 4.89. The summed E-state index contributed by atoms with van der Waals surface area (Å²) in [7, 11) is 0. The Morgan fingerprint density at radius 3 is 2.77 bits per heavy atom. The number of nitrogens with one attached hydrogen (secondary N) is 1. The summed E-state index contributed by atoms with van der Waals surface area (Å²) in [6.07, 6.45) is 0.819. The predicted octanol–water partition coefficient (Wildman–Crippen LogP) is 3.98. The Labute approximate surface area is 145 Å². The number of halogens is 1. The molecule has 3 rings (SSSR count). The second-order valence-corrected chi connectivity index (χ2v) is 7.72. The third-order valence-electron chi connectivity index (χ3n) is 3.09. The summed E-state index contributed by atoms with van der Waals surface area (Å²) in [4.78, 5) is 13.3. The SMILES string of the molecule is O=C(NCCc1ccc(I)s1)c1cc(-c2ccccc2)no1. The van der Waals surface area contributed by atoms with E-state index in [-0.39, 0.29) is 11.7 Å². The van der Waals surface area contributed by atoms with Gasteiger partial charge in [-0.05, 0) is 41.1 Å². The molecule has 112 valence electrons. The number of aromatic nitrogens is 1. The van der Waals surface area contributed by atoms with Gasteiger partial charge in [0.2, 0.25) is 5.76 Å². The first-order valence-corrected chi connectivity index (χ1v) is 8.66. The molecule has 22 heavy (non-hydrogen) atoms. The van der Waals surface area contributed by atoms with E-state index < -0.39 is 0 Å². The van der Waals surface area contributed by atoms with Gasteiger partial charge in [-0.25, -0.2) is 0 Å². The number of hydrogen-bond acceptors (Lipinski definition) is 4. The number of carbonyl (C=O) groups is 1. The van der Waals surface area contributed by atoms with Crippen molar-refractivity contribution in [2.75, 3.05) is 6.54 Å². The maximum absolute atomic E-state index is 12.0. The van der Waals surface area contributed by atoms with Crippen molar-refractivity contribution in [2.45, 2.75) is 6.42 Å². The van der Waals surface area contributed by atoms with E-state index in [0.29, 0.717) is 12.2 Å². The summed E-state index contributed by atoms with van der Waals surface area (Å²) in [6, 6.07) is 15.5. The summed E-state index contributed by atoms with van der Waals surface area (Å²) in [5.74, 6) is 0.000507. The molecule has 0 saturated carbocycles. The van der Waals surface area contributed by atoms with E-state index in [0.717, 1.165) is 12.0 Å². The van der Waals surface area contributed by atoms with Crippen molar-refractivity contribution in [3.63, 3.8) is 0 Å². The van der Waals surface area contributed by atoms with Crippen LogP contribution < -0.4 is 5.32 Å². The van der Waals surface area contributed by atoms with Crippen LogP contribution in [0.5, 0.6) is 0 Å². The molecule has 2 aromatic heterocycles. The van der Waals surface area contributed by atoms with Gasteiger partial charge in [0, 0.05) is 23.1 Å². The lowest BCUT2D eigenvalue weighted by Crippen LogP contribution is -2.25. The maximum atomic E-state index is 12.0. The van der Waals surface area contributed by atoms with Crippen LogP contribution in [-0.4, -0.2) is 17.6 Å². The molecule has 0 atom stereocenters. The zero-order valence-electron chi connectivity index (χ0n) is 11.6. The molecule has 0 radical (unpaired) electrons. The van der Waals surface area contributed by atoms with Crippen LogP contribution in [0.15, 0.2) is 53.1 Å². The fourth-order valence-corrected chi connectivity index (χ4v) is 3.75. The molecule has 6 heteroatoms. The van der Waals surface area contributed by atoms with Gasteiger partial charge >= 0.3 is 0 Å². The lowest BCUT2D eigenvalue weighted by molar-refractivity contribution is 0.0917. The number of thiophene rings is 1. The minimum Gasteiger partial charge on any atom is -0.350 e. The molecule has 0 bridgehead atoms. The second-order valence-electron chi connectivity index (χ2n) is 4.65. The molecule has 0 aliphatic carbocycles. The molecule has 2 heterocycles. The van der Waals surface area contributed by atoms with Crippen molar-refractivity contribution in [1.29, 1.82) is 0 Å². The summed E-state index contributed by atoms with van der Waals surface area (Å²) in [6.45, 7) is 0.580. The zero-order chi connectivity index (χ0) is 15.4. The molecule has 3 aromatic rings. The molecule has 0 spiro atoms. The van der Waals surface area contributed by atoms with Crippen molar-refractivity contribution in [3.05, 3.63) is 62.1 Å². The highest BCUT2D eigenvalue weighted by molar-refractivity contribution is 14.1. The lowest BCUT2D eigenvalue weighted by Gasteiger charge is -2.00. The number of hydrogen-bond donors (Lipinski definition) is 1. The van der Waals surface area contributed by atoms with Crippen LogP contribution in [0.1, 0.15) is 15.4 Å². The van der Waals surface area contributed by atoms with Crippen LogP contribution in [0.25, 0.3) is 11.3 Å². The van der Waals surface area contributed by atoms with Gasteiger partial charge in [0.05, 0.1) is 2.88 Å². The van der Waals surface area contributed by atoms with E-state index in [1.165, 1.54) is 7.76 Å². The van der Waals surface area contributed by atoms with E-state index in [1.807, 2.05) is 30.3 Å². The van der Waals surface area contributed by atoms with Crippen molar-refractivity contribution >= 4 is 39.8 Å². The number of nitrogens with zero attached hydrogens (tertiary/aromatic N) is 1. The third-order valence-corrected chi connectivity index (χ3v) is 5.04. The summed E-state index contributed by atoms with van der Waals surface area (Å²) in [5, 5.41) is 6.80. The Balaban J connectivity index is 1.58. The van der Waals surface area contributed by atoms with Crippen molar-refractivity contribution in [1.82, 2.24) is 10.5 Å². The summed E-state index contributed by atoms with van der Waals surface area (Å²) < 4.78 is 6.38. The van der Waals surface area contributed by atoms with Gasteiger partial charge in [-0.2, -0.15) is 0 Å². The van der Waals surface area contributed by atoms with Gasteiger partial charge in [0.25, 0.3) is 5.91 Å². The van der Waals surface area contributed by atoms with Crippen LogP contribution in [0.3, 0.4) is 0 Å². The minimum atomic E-state index is -0.235. The normalized spacial score (nSPS) is 10.6. The van der Waals surface area contributed by atoms with E-state index >= 15 is 0 Å². The molecule has 0 aliphatic heterocycles. The highest BCUT2D eigenvalue weighted by Crippen LogP contribution is 2.19. The molecular formula is C16H13IN2O2S. The maximum Gasteiger partial charge on any atom is 0.289 e. The largest absolute Gasteiger partial charge is 0.350 e. The van der Waals surface area contributed by atoms with E-state index in [9.17, 15) is 4.79 Å². The Morgan fingerprint density at radius 2 is 2.05 bits per heavy atom. The Morgan fingerprint density at radius 1 is 1.23 bits per heavy atom. The van der Waals surface area contributed by atoms with Crippen LogP contribution >= 0.6 is 33.9 Å².